The molecule has 1 amide bonds. The minimum Gasteiger partial charge on any atom is -0.308 e. The summed E-state index contributed by atoms with van der Waals surface area (Å²) in [5.41, 5.74) is 1.03. The summed E-state index contributed by atoms with van der Waals surface area (Å²) in [5, 5.41) is 11.5. The van der Waals surface area contributed by atoms with Crippen molar-refractivity contribution in [2.75, 3.05) is 11.1 Å². The lowest BCUT2D eigenvalue weighted by molar-refractivity contribution is -0.115. The number of aromatic nitrogens is 4. The molecule has 0 radical (unpaired) electrons. The van der Waals surface area contributed by atoms with Gasteiger partial charge in [-0.3, -0.25) is 14.2 Å². The van der Waals surface area contributed by atoms with E-state index in [1.54, 1.807) is 17.1 Å². The number of carbonyl (C=O) groups excluding carboxylic acids is 1. The molecule has 0 aromatic carbocycles. The van der Waals surface area contributed by atoms with E-state index >= 15 is 0 Å². The van der Waals surface area contributed by atoms with Gasteiger partial charge in [-0.15, -0.1) is 0 Å². The molecule has 0 saturated carbocycles. The third-order valence-electron chi connectivity index (χ3n) is 2.67. The largest absolute Gasteiger partial charge is 0.308 e. The monoisotopic (exact) mass is 313 g/mol. The van der Waals surface area contributed by atoms with Crippen molar-refractivity contribution in [3.05, 3.63) is 29.2 Å². The molecule has 8 heteroatoms. The van der Waals surface area contributed by atoms with Crippen molar-refractivity contribution in [3.63, 3.8) is 0 Å². The van der Waals surface area contributed by atoms with Crippen molar-refractivity contribution in [2.45, 2.75) is 26.4 Å². The lowest BCUT2D eigenvalue weighted by Crippen LogP contribution is -2.13. The summed E-state index contributed by atoms with van der Waals surface area (Å²) >= 11 is 10.1. The molecule has 0 bridgehead atoms. The second-order valence-corrected chi connectivity index (χ2v) is 5.10. The third kappa shape index (κ3) is 3.77. The molecule has 2 rings (SSSR count). The molecule has 2 heterocycles. The molecule has 0 aliphatic heterocycles. The molecule has 0 aliphatic rings. The Morgan fingerprint density at radius 1 is 1.45 bits per heavy atom. The van der Waals surface area contributed by atoms with E-state index in [1.807, 2.05) is 17.8 Å². The molecule has 0 fully saturated rings. The molecule has 0 spiro atoms. The van der Waals surface area contributed by atoms with Gasteiger partial charge in [0.2, 0.25) is 5.91 Å². The molecule has 0 saturated heterocycles. The topological polar surface area (TPSA) is 64.7 Å². The zero-order valence-corrected chi connectivity index (χ0v) is 12.7. The minimum atomic E-state index is -0.147. The van der Waals surface area contributed by atoms with Gasteiger partial charge in [0.05, 0.1) is 12.7 Å². The number of halogens is 1. The summed E-state index contributed by atoms with van der Waals surface area (Å²) in [4.78, 5) is 11.5. The Morgan fingerprint density at radius 2 is 2.25 bits per heavy atom. The van der Waals surface area contributed by atoms with Gasteiger partial charge in [-0.05, 0) is 12.7 Å². The van der Waals surface area contributed by atoms with Crippen molar-refractivity contribution in [1.82, 2.24) is 19.6 Å². The second-order valence-electron chi connectivity index (χ2n) is 4.25. The van der Waals surface area contributed by atoms with Crippen LogP contribution in [-0.4, -0.2) is 31.2 Å². The van der Waals surface area contributed by atoms with Crippen molar-refractivity contribution >= 4 is 36.0 Å². The highest BCUT2D eigenvalue weighted by Gasteiger charge is 2.10. The summed E-state index contributed by atoms with van der Waals surface area (Å²) in [5.74, 6) is 0.715. The Hall–Kier alpha value is -1.47. The highest BCUT2D eigenvalue weighted by molar-refractivity contribution is 7.80. The van der Waals surface area contributed by atoms with Crippen LogP contribution in [0.25, 0.3) is 0 Å². The van der Waals surface area contributed by atoms with Crippen molar-refractivity contribution in [3.8, 4) is 0 Å². The Bertz CT molecular complexity index is 594. The number of thiol groups is 1. The van der Waals surface area contributed by atoms with Gasteiger partial charge in [0.15, 0.2) is 5.82 Å². The highest BCUT2D eigenvalue weighted by Crippen LogP contribution is 2.20. The first-order chi connectivity index (χ1) is 9.62. The quantitative estimate of drug-likeness (QED) is 0.802. The Morgan fingerprint density at radius 3 is 2.90 bits per heavy atom. The fourth-order valence-corrected chi connectivity index (χ4v) is 2.11. The van der Waals surface area contributed by atoms with E-state index in [9.17, 15) is 4.79 Å². The molecule has 0 atom stereocenters. The lowest BCUT2D eigenvalue weighted by atomic mass is 10.4. The van der Waals surface area contributed by atoms with E-state index in [0.717, 1.165) is 12.1 Å². The molecule has 108 valence electrons. The standard InChI is InChI=1S/C12H16ClN5OS/c1-2-17-6-9(5-14-17)7-18-8-10(13)12(16-18)15-11(19)3-4-20/h5-6,8,20H,2-4,7H2,1H3,(H,15,16,19). The predicted molar refractivity (Wildman–Crippen MR) is 81.3 cm³/mol. The molecular weight excluding hydrogens is 298 g/mol. The summed E-state index contributed by atoms with van der Waals surface area (Å²) in [6.07, 6.45) is 5.75. The predicted octanol–water partition coefficient (Wildman–Crippen LogP) is 2.06. The van der Waals surface area contributed by atoms with E-state index in [4.69, 9.17) is 11.6 Å². The third-order valence-corrected chi connectivity index (χ3v) is 3.17. The van der Waals surface area contributed by atoms with E-state index < -0.39 is 0 Å². The maximum atomic E-state index is 11.5. The number of aryl methyl sites for hydroxylation is 1. The van der Waals surface area contributed by atoms with E-state index in [0.29, 0.717) is 29.6 Å². The van der Waals surface area contributed by atoms with Crippen LogP contribution in [0.2, 0.25) is 5.02 Å². The normalized spacial score (nSPS) is 10.8. The van der Waals surface area contributed by atoms with Gasteiger partial charge in [0.25, 0.3) is 0 Å². The van der Waals surface area contributed by atoms with Gasteiger partial charge < -0.3 is 5.32 Å². The SMILES string of the molecule is CCn1cc(Cn2cc(Cl)c(NC(=O)CCS)n2)cn1. The molecule has 2 aromatic rings. The molecule has 6 nitrogen and oxygen atoms in total. The van der Waals surface area contributed by atoms with Gasteiger partial charge in [-0.2, -0.15) is 22.8 Å². The van der Waals surface area contributed by atoms with E-state index in [2.05, 4.69) is 28.1 Å². The number of nitrogens with zero attached hydrogens (tertiary/aromatic N) is 4. The molecular formula is C12H16ClN5OS. The van der Waals surface area contributed by atoms with Gasteiger partial charge in [0, 0.05) is 30.9 Å². The fourth-order valence-electron chi connectivity index (χ4n) is 1.71. The van der Waals surface area contributed by atoms with Crippen LogP contribution in [0.4, 0.5) is 5.82 Å². The average Bonchev–Trinajstić information content (AvgIpc) is 2.98. The number of rotatable bonds is 6. The zero-order valence-electron chi connectivity index (χ0n) is 11.1. The van der Waals surface area contributed by atoms with Crippen LogP contribution in [0.3, 0.4) is 0 Å². The number of hydrogen-bond donors (Lipinski definition) is 2. The van der Waals surface area contributed by atoms with E-state index in [-0.39, 0.29) is 5.91 Å². The second kappa shape index (κ2) is 6.81. The van der Waals surface area contributed by atoms with Crippen molar-refractivity contribution in [1.29, 1.82) is 0 Å². The van der Waals surface area contributed by atoms with E-state index in [1.165, 1.54) is 0 Å². The number of anilines is 1. The van der Waals surface area contributed by atoms with Gasteiger partial charge in [-0.1, -0.05) is 11.6 Å². The lowest BCUT2D eigenvalue weighted by Gasteiger charge is -2.00. The molecule has 0 aliphatic carbocycles. The smallest absolute Gasteiger partial charge is 0.226 e. The highest BCUT2D eigenvalue weighted by atomic mass is 35.5. The first-order valence-corrected chi connectivity index (χ1v) is 7.28. The average molecular weight is 314 g/mol. The molecule has 20 heavy (non-hydrogen) atoms. The van der Waals surface area contributed by atoms with Gasteiger partial charge in [0.1, 0.15) is 5.02 Å². The Labute approximate surface area is 127 Å². The number of amides is 1. The molecule has 2 aromatic heterocycles. The zero-order chi connectivity index (χ0) is 14.5. The van der Waals surface area contributed by atoms with Crippen LogP contribution < -0.4 is 5.32 Å². The molecule has 0 unspecified atom stereocenters. The van der Waals surface area contributed by atoms with Crippen molar-refractivity contribution < 1.29 is 4.79 Å². The number of carbonyl (C=O) groups is 1. The number of nitrogens with one attached hydrogen (secondary N) is 1. The Balaban J connectivity index is 2.04. The van der Waals surface area contributed by atoms with Crippen LogP contribution >= 0.6 is 24.2 Å². The maximum absolute atomic E-state index is 11.5. The van der Waals surface area contributed by atoms with Crippen molar-refractivity contribution in [2.24, 2.45) is 0 Å². The van der Waals surface area contributed by atoms with Crippen LogP contribution in [0.5, 0.6) is 0 Å². The van der Waals surface area contributed by atoms with Gasteiger partial charge >= 0.3 is 0 Å². The van der Waals surface area contributed by atoms with Crippen LogP contribution in [-0.2, 0) is 17.9 Å². The first kappa shape index (κ1) is 14.9. The van der Waals surface area contributed by atoms with Gasteiger partial charge in [-0.25, -0.2) is 0 Å². The summed E-state index contributed by atoms with van der Waals surface area (Å²) in [6.45, 7) is 3.41. The number of hydrogen-bond acceptors (Lipinski definition) is 4. The summed E-state index contributed by atoms with van der Waals surface area (Å²) < 4.78 is 3.52. The van der Waals surface area contributed by atoms with Crippen LogP contribution in [0.1, 0.15) is 18.9 Å². The minimum absolute atomic E-state index is 0.147. The summed E-state index contributed by atoms with van der Waals surface area (Å²) in [7, 11) is 0. The maximum Gasteiger partial charge on any atom is 0.226 e. The Kier molecular flexibility index (Phi) is 5.08. The van der Waals surface area contributed by atoms with Crippen LogP contribution in [0.15, 0.2) is 18.6 Å². The first-order valence-electron chi connectivity index (χ1n) is 6.27. The molecule has 1 N–H and O–H groups in total. The summed E-state index contributed by atoms with van der Waals surface area (Å²) in [6, 6.07) is 0. The van der Waals surface area contributed by atoms with Crippen LogP contribution in [0, 0.1) is 0 Å². The fraction of sp³-hybridized carbons (Fsp3) is 0.417.